The van der Waals surface area contributed by atoms with Crippen molar-refractivity contribution in [3.05, 3.63) is 47.7 Å². The van der Waals surface area contributed by atoms with Crippen molar-refractivity contribution in [2.45, 2.75) is 25.7 Å². The average Bonchev–Trinajstić information content (AvgIpc) is 3.10. The van der Waals surface area contributed by atoms with Crippen LogP contribution in [0.3, 0.4) is 0 Å². The van der Waals surface area contributed by atoms with Crippen LogP contribution in [0, 0.1) is 5.92 Å². The molecule has 1 aromatic carbocycles. The lowest BCUT2D eigenvalue weighted by atomic mass is 9.85. The Bertz CT molecular complexity index is 627. The van der Waals surface area contributed by atoms with Gasteiger partial charge in [-0.15, -0.1) is 0 Å². The molecule has 5 heteroatoms. The molecule has 0 spiro atoms. The van der Waals surface area contributed by atoms with E-state index in [-0.39, 0.29) is 11.8 Å². The van der Waals surface area contributed by atoms with Crippen molar-refractivity contribution in [3.8, 4) is 5.75 Å². The minimum Gasteiger partial charge on any atom is -0.489 e. The first-order chi connectivity index (χ1) is 11.2. The van der Waals surface area contributed by atoms with Gasteiger partial charge in [0.15, 0.2) is 0 Å². The van der Waals surface area contributed by atoms with Gasteiger partial charge in [-0.25, -0.2) is 0 Å². The quantitative estimate of drug-likeness (QED) is 0.728. The number of nitrogens with one attached hydrogen (secondary N) is 2. The third-order valence-corrected chi connectivity index (χ3v) is 4.45. The maximum Gasteiger partial charge on any atom is 0.220 e. The van der Waals surface area contributed by atoms with Crippen LogP contribution in [0.2, 0.25) is 0 Å². The second kappa shape index (κ2) is 7.22. The SMILES string of the molecule is NC(=O)C1CCC(=CCOc2ccccc2C2=CNCN2)CC1. The number of nitrogens with two attached hydrogens (primary N) is 1. The Morgan fingerprint density at radius 1 is 1.30 bits per heavy atom. The van der Waals surface area contributed by atoms with Crippen molar-refractivity contribution >= 4 is 11.6 Å². The van der Waals surface area contributed by atoms with Crippen LogP contribution in [0.25, 0.3) is 5.70 Å². The zero-order valence-corrected chi connectivity index (χ0v) is 13.2. The number of ether oxygens (including phenoxy) is 1. The van der Waals surface area contributed by atoms with Gasteiger partial charge in [-0.3, -0.25) is 4.79 Å². The van der Waals surface area contributed by atoms with Crippen LogP contribution in [0.5, 0.6) is 5.75 Å². The molecule has 1 aliphatic heterocycles. The number of para-hydroxylation sites is 1. The molecule has 1 heterocycles. The van der Waals surface area contributed by atoms with Crippen LogP contribution in [0.4, 0.5) is 0 Å². The van der Waals surface area contributed by atoms with Gasteiger partial charge in [-0.1, -0.05) is 17.7 Å². The first kappa shape index (κ1) is 15.5. The maximum atomic E-state index is 11.2. The predicted molar refractivity (Wildman–Crippen MR) is 90.3 cm³/mol. The second-order valence-corrected chi connectivity index (χ2v) is 5.96. The largest absolute Gasteiger partial charge is 0.489 e. The summed E-state index contributed by atoms with van der Waals surface area (Å²) in [5.41, 5.74) is 8.84. The van der Waals surface area contributed by atoms with E-state index in [0.717, 1.165) is 49.4 Å². The highest BCUT2D eigenvalue weighted by atomic mass is 16.5. The van der Waals surface area contributed by atoms with Crippen molar-refractivity contribution in [2.24, 2.45) is 11.7 Å². The highest BCUT2D eigenvalue weighted by Crippen LogP contribution is 2.28. The molecule has 1 aromatic rings. The topological polar surface area (TPSA) is 76.4 Å². The molecule has 2 aliphatic rings. The van der Waals surface area contributed by atoms with Crippen molar-refractivity contribution in [1.29, 1.82) is 0 Å². The Balaban J connectivity index is 1.57. The van der Waals surface area contributed by atoms with Crippen LogP contribution in [0.15, 0.2) is 42.1 Å². The summed E-state index contributed by atoms with van der Waals surface area (Å²) >= 11 is 0. The molecular weight excluding hydrogens is 290 g/mol. The first-order valence-electron chi connectivity index (χ1n) is 8.11. The minimum atomic E-state index is -0.167. The molecule has 1 amide bonds. The molecule has 0 atom stereocenters. The fourth-order valence-electron chi connectivity index (χ4n) is 3.06. The molecular formula is C18H23N3O2. The fourth-order valence-corrected chi connectivity index (χ4v) is 3.06. The van der Waals surface area contributed by atoms with Crippen LogP contribution >= 0.6 is 0 Å². The summed E-state index contributed by atoms with van der Waals surface area (Å²) in [4.78, 5) is 11.2. The van der Waals surface area contributed by atoms with Gasteiger partial charge in [0.05, 0.1) is 12.4 Å². The Morgan fingerprint density at radius 2 is 2.09 bits per heavy atom. The molecule has 4 N–H and O–H groups in total. The van der Waals surface area contributed by atoms with Gasteiger partial charge >= 0.3 is 0 Å². The maximum absolute atomic E-state index is 11.2. The van der Waals surface area contributed by atoms with Gasteiger partial charge < -0.3 is 21.1 Å². The summed E-state index contributed by atoms with van der Waals surface area (Å²) in [7, 11) is 0. The number of primary amides is 1. The van der Waals surface area contributed by atoms with E-state index in [9.17, 15) is 4.79 Å². The van der Waals surface area contributed by atoms with Gasteiger partial charge in [-0.05, 0) is 43.9 Å². The number of benzene rings is 1. The van der Waals surface area contributed by atoms with Gasteiger partial charge in [0, 0.05) is 17.7 Å². The van der Waals surface area contributed by atoms with E-state index in [1.807, 2.05) is 30.5 Å². The molecule has 0 radical (unpaired) electrons. The number of hydrogen-bond donors (Lipinski definition) is 3. The van der Waals surface area contributed by atoms with E-state index in [0.29, 0.717) is 6.61 Å². The lowest BCUT2D eigenvalue weighted by molar-refractivity contribution is -0.122. The van der Waals surface area contributed by atoms with Crippen LogP contribution in [0.1, 0.15) is 31.2 Å². The number of hydrogen-bond acceptors (Lipinski definition) is 4. The van der Waals surface area contributed by atoms with Gasteiger partial charge in [-0.2, -0.15) is 0 Å². The van der Waals surface area contributed by atoms with E-state index in [2.05, 4.69) is 16.7 Å². The third kappa shape index (κ3) is 3.86. The molecule has 0 unspecified atom stereocenters. The monoisotopic (exact) mass is 313 g/mol. The summed E-state index contributed by atoms with van der Waals surface area (Å²) in [6.45, 7) is 1.29. The number of rotatable bonds is 5. The second-order valence-electron chi connectivity index (χ2n) is 5.96. The predicted octanol–water partition coefficient (Wildman–Crippen LogP) is 2.12. The highest BCUT2D eigenvalue weighted by Gasteiger charge is 2.20. The standard InChI is InChI=1S/C18H23N3O2/c19-18(22)14-7-5-13(6-8-14)9-10-23-17-4-2-1-3-15(17)16-11-20-12-21-16/h1-4,9,11,14,20-21H,5-8,10,12H2,(H2,19,22). The summed E-state index contributed by atoms with van der Waals surface area (Å²) in [5.74, 6) is 0.750. The van der Waals surface area contributed by atoms with Gasteiger partial charge in [0.1, 0.15) is 12.4 Å². The van der Waals surface area contributed by atoms with E-state index in [4.69, 9.17) is 10.5 Å². The molecule has 0 aromatic heterocycles. The van der Waals surface area contributed by atoms with Crippen LogP contribution < -0.4 is 21.1 Å². The Labute approximate surface area is 136 Å². The normalized spacial score (nSPS) is 20.3. The fraction of sp³-hybridized carbons (Fsp3) is 0.389. The van der Waals surface area contributed by atoms with E-state index >= 15 is 0 Å². The molecule has 23 heavy (non-hydrogen) atoms. The molecule has 122 valence electrons. The lowest BCUT2D eigenvalue weighted by Crippen LogP contribution is -2.25. The van der Waals surface area contributed by atoms with E-state index < -0.39 is 0 Å². The Morgan fingerprint density at radius 3 is 2.78 bits per heavy atom. The van der Waals surface area contributed by atoms with Crippen LogP contribution in [-0.4, -0.2) is 19.2 Å². The molecule has 0 bridgehead atoms. The molecule has 3 rings (SSSR count). The van der Waals surface area contributed by atoms with Crippen molar-refractivity contribution in [2.75, 3.05) is 13.3 Å². The van der Waals surface area contributed by atoms with Crippen LogP contribution in [-0.2, 0) is 4.79 Å². The average molecular weight is 313 g/mol. The summed E-state index contributed by atoms with van der Waals surface area (Å²) in [6, 6.07) is 8.02. The van der Waals surface area contributed by atoms with Gasteiger partial charge in [0.2, 0.25) is 5.91 Å². The molecule has 5 nitrogen and oxygen atoms in total. The third-order valence-electron chi connectivity index (χ3n) is 4.45. The lowest BCUT2D eigenvalue weighted by Gasteiger charge is -2.21. The zero-order chi connectivity index (χ0) is 16.1. The minimum absolute atomic E-state index is 0.0432. The zero-order valence-electron chi connectivity index (χ0n) is 13.2. The van der Waals surface area contributed by atoms with E-state index in [1.54, 1.807) is 0 Å². The summed E-state index contributed by atoms with van der Waals surface area (Å²) in [6.07, 6.45) is 7.71. The van der Waals surface area contributed by atoms with E-state index in [1.165, 1.54) is 5.57 Å². The van der Waals surface area contributed by atoms with Gasteiger partial charge in [0.25, 0.3) is 0 Å². The molecule has 1 aliphatic carbocycles. The Hall–Kier alpha value is -2.43. The van der Waals surface area contributed by atoms with Crippen molar-refractivity contribution in [3.63, 3.8) is 0 Å². The number of allylic oxidation sites excluding steroid dienone is 1. The van der Waals surface area contributed by atoms with Crippen molar-refractivity contribution in [1.82, 2.24) is 10.6 Å². The highest BCUT2D eigenvalue weighted by molar-refractivity contribution is 5.76. The summed E-state index contributed by atoms with van der Waals surface area (Å²) < 4.78 is 5.95. The number of carbonyl (C=O) groups excluding carboxylic acids is 1. The van der Waals surface area contributed by atoms with Crippen molar-refractivity contribution < 1.29 is 9.53 Å². The summed E-state index contributed by atoms with van der Waals surface area (Å²) in [5, 5.41) is 6.42. The Kier molecular flexibility index (Phi) is 4.86. The smallest absolute Gasteiger partial charge is 0.220 e. The first-order valence-corrected chi connectivity index (χ1v) is 8.11. The molecule has 1 saturated carbocycles. The molecule has 1 fully saturated rings. The number of amides is 1. The number of carbonyl (C=O) groups is 1. The molecule has 0 saturated heterocycles.